The van der Waals surface area contributed by atoms with Gasteiger partial charge in [-0.05, 0) is 67.4 Å². The van der Waals surface area contributed by atoms with Crippen molar-refractivity contribution in [3.8, 4) is 50.9 Å². The summed E-state index contributed by atoms with van der Waals surface area (Å²) in [6.45, 7) is 5.08. The highest BCUT2D eigenvalue weighted by Gasteiger charge is 2.43. The van der Waals surface area contributed by atoms with E-state index in [4.69, 9.17) is 4.42 Å². The van der Waals surface area contributed by atoms with Crippen molar-refractivity contribution in [2.75, 3.05) is 0 Å². The van der Waals surface area contributed by atoms with Crippen LogP contribution in [-0.2, 0) is 10.7 Å². The van der Waals surface area contributed by atoms with Crippen LogP contribution >= 0.6 is 0 Å². The number of hydrogen-bond donors (Lipinski definition) is 2. The van der Waals surface area contributed by atoms with Crippen molar-refractivity contribution >= 4 is 10.7 Å². The number of aromatic nitrogens is 3. The van der Waals surface area contributed by atoms with Crippen LogP contribution in [0, 0.1) is 13.8 Å². The van der Waals surface area contributed by atoms with Crippen molar-refractivity contribution in [2.45, 2.75) is 38.1 Å². The molecule has 0 amide bonds. The molecule has 3 heterocycles. The van der Waals surface area contributed by atoms with Gasteiger partial charge in [0.05, 0.1) is 22.4 Å². The number of halogens is 2. The summed E-state index contributed by atoms with van der Waals surface area (Å²) in [6, 6.07) is 16.4. The molecule has 0 fully saturated rings. The summed E-state index contributed by atoms with van der Waals surface area (Å²) in [4.78, 5) is 9.29. The first-order valence-electron chi connectivity index (χ1n) is 12.5. The van der Waals surface area contributed by atoms with Crippen molar-refractivity contribution in [1.82, 2.24) is 14.5 Å². The maximum Gasteiger partial charge on any atom is 0.586 e. The van der Waals surface area contributed by atoms with E-state index in [9.17, 15) is 22.3 Å². The first-order valence-corrected chi connectivity index (χ1v) is 13.7. The zero-order chi connectivity index (χ0) is 29.1. The summed E-state index contributed by atoms with van der Waals surface area (Å²) in [5, 5.41) is 10.1. The average molecular weight is 580 g/mol. The van der Waals surface area contributed by atoms with Crippen LogP contribution in [0.4, 0.5) is 8.78 Å². The quantitative estimate of drug-likeness (QED) is 0.242. The second-order valence-electron chi connectivity index (χ2n) is 9.54. The number of imidazole rings is 1. The Balaban J connectivity index is 1.57. The largest absolute Gasteiger partial charge is 0.586 e. The fraction of sp³-hybridized carbons (Fsp3) is 0.172. The second kappa shape index (κ2) is 9.82. The van der Waals surface area contributed by atoms with E-state index in [0.29, 0.717) is 56.8 Å². The van der Waals surface area contributed by atoms with Crippen molar-refractivity contribution in [2.24, 2.45) is 0 Å². The van der Waals surface area contributed by atoms with E-state index in [1.54, 1.807) is 55.8 Å². The smallest absolute Gasteiger partial charge is 0.440 e. The van der Waals surface area contributed by atoms with Gasteiger partial charge >= 0.3 is 6.29 Å². The summed E-state index contributed by atoms with van der Waals surface area (Å²) in [7, 11) is -2.78. The zero-order valence-electron chi connectivity index (χ0n) is 22.0. The molecule has 0 saturated heterocycles. The zero-order valence-corrected chi connectivity index (χ0v) is 22.9. The maximum absolute atomic E-state index is 13.7. The van der Waals surface area contributed by atoms with E-state index in [1.807, 2.05) is 18.2 Å². The lowest BCUT2D eigenvalue weighted by Crippen LogP contribution is -2.25. The summed E-state index contributed by atoms with van der Waals surface area (Å²) in [6.07, 6.45) is -2.85. The molecule has 0 aliphatic carbocycles. The second-order valence-corrected chi connectivity index (χ2v) is 10.6. The lowest BCUT2D eigenvalue weighted by molar-refractivity contribution is -0.286. The predicted octanol–water partition coefficient (Wildman–Crippen LogP) is 5.82. The lowest BCUT2D eigenvalue weighted by Gasteiger charge is -2.14. The van der Waals surface area contributed by atoms with E-state index in [0.717, 1.165) is 0 Å². The summed E-state index contributed by atoms with van der Waals surface area (Å²) >= 11 is 0. The highest BCUT2D eigenvalue weighted by molar-refractivity contribution is 7.72. The van der Waals surface area contributed by atoms with Gasteiger partial charge in [-0.25, -0.2) is 18.4 Å². The van der Waals surface area contributed by atoms with Crippen LogP contribution in [0.2, 0.25) is 0 Å². The van der Waals surface area contributed by atoms with Gasteiger partial charge in [-0.3, -0.25) is 0 Å². The van der Waals surface area contributed by atoms with Gasteiger partial charge in [0.2, 0.25) is 0 Å². The molecule has 6 rings (SSSR count). The highest BCUT2D eigenvalue weighted by Crippen LogP contribution is 2.45. The molecule has 1 aliphatic rings. The van der Waals surface area contributed by atoms with Crippen molar-refractivity contribution in [3.63, 3.8) is 0 Å². The Bertz CT molecular complexity index is 1890. The van der Waals surface area contributed by atoms with E-state index in [2.05, 4.69) is 19.4 Å². The van der Waals surface area contributed by atoms with Crippen LogP contribution in [0.3, 0.4) is 0 Å². The Labute approximate surface area is 234 Å². The van der Waals surface area contributed by atoms with Gasteiger partial charge in [-0.15, -0.1) is 8.78 Å². The molecule has 5 aromatic rings. The van der Waals surface area contributed by atoms with Crippen molar-refractivity contribution < 1.29 is 36.2 Å². The van der Waals surface area contributed by atoms with Crippen LogP contribution < -0.4 is 9.47 Å². The number of aliphatic hydroxyl groups excluding tert-OH is 1. The standard InChI is InChI=1S/C29H23F2N3O6S/c1-15(35)23-14-34(16(2)32-23)24-9-7-19(18-5-4-6-21(11-18)41(36)37)12-22(24)27-28(38-17(3)33-27)20-8-10-25-26(13-20)40-29(30,31)39-25/h4-15,35,41H,1-3H3. The third-order valence-corrected chi connectivity index (χ3v) is 7.33. The van der Waals surface area contributed by atoms with E-state index in [-0.39, 0.29) is 16.4 Å². The first-order chi connectivity index (χ1) is 19.5. The Hall–Kier alpha value is -4.55. The Morgan fingerprint density at radius 3 is 2.39 bits per heavy atom. The molecular formula is C29H23F2N3O6S. The number of rotatable bonds is 6. The molecule has 1 unspecified atom stereocenters. The number of hydrogen-bond acceptors (Lipinski definition) is 8. The molecular weight excluding hydrogens is 556 g/mol. The minimum Gasteiger partial charge on any atom is -0.440 e. The van der Waals surface area contributed by atoms with Gasteiger partial charge in [0.25, 0.3) is 0 Å². The lowest BCUT2D eigenvalue weighted by atomic mass is 9.98. The Morgan fingerprint density at radius 2 is 1.66 bits per heavy atom. The predicted molar refractivity (Wildman–Crippen MR) is 145 cm³/mol. The third kappa shape index (κ3) is 4.96. The van der Waals surface area contributed by atoms with Crippen molar-refractivity contribution in [1.29, 1.82) is 0 Å². The summed E-state index contributed by atoms with van der Waals surface area (Å²) in [5.74, 6) is 0.985. The molecule has 41 heavy (non-hydrogen) atoms. The normalized spacial score (nSPS) is 14.5. The molecule has 0 bridgehead atoms. The maximum atomic E-state index is 13.7. The topological polar surface area (TPSA) is 117 Å². The van der Waals surface area contributed by atoms with Crippen LogP contribution in [0.1, 0.15) is 30.4 Å². The molecule has 210 valence electrons. The summed E-state index contributed by atoms with van der Waals surface area (Å²) in [5.41, 5.74) is 3.90. The van der Waals surface area contributed by atoms with Crippen LogP contribution in [0.5, 0.6) is 11.5 Å². The minimum atomic E-state index is -3.77. The van der Waals surface area contributed by atoms with Gasteiger partial charge < -0.3 is 23.6 Å². The average Bonchev–Trinajstić information content (AvgIpc) is 3.60. The van der Waals surface area contributed by atoms with Gasteiger partial charge in [-0.2, -0.15) is 0 Å². The minimum absolute atomic E-state index is 0.101. The Morgan fingerprint density at radius 1 is 0.927 bits per heavy atom. The Kier molecular flexibility index (Phi) is 6.39. The SMILES string of the molecule is Cc1nc(-c2cc(-c3cccc([SH](=O)=O)c3)ccc2-n2cc(C(C)O)nc2C)c(-c2ccc3c(c2)OC(F)(F)O3)o1. The molecule has 0 spiro atoms. The number of aryl methyl sites for hydroxylation is 2. The molecule has 9 nitrogen and oxygen atoms in total. The van der Waals surface area contributed by atoms with Crippen molar-refractivity contribution in [3.05, 3.63) is 84.3 Å². The molecule has 3 aromatic carbocycles. The van der Waals surface area contributed by atoms with Gasteiger partial charge in [0.15, 0.2) is 33.9 Å². The van der Waals surface area contributed by atoms with E-state index < -0.39 is 23.1 Å². The number of ether oxygens (including phenoxy) is 2. The number of nitrogens with zero attached hydrogens (tertiary/aromatic N) is 3. The molecule has 2 aromatic heterocycles. The van der Waals surface area contributed by atoms with Gasteiger partial charge in [-0.1, -0.05) is 18.2 Å². The highest BCUT2D eigenvalue weighted by atomic mass is 32.2. The molecule has 0 radical (unpaired) electrons. The van der Waals surface area contributed by atoms with Gasteiger partial charge in [0, 0.05) is 24.2 Å². The third-order valence-electron chi connectivity index (χ3n) is 6.63. The molecule has 1 N–H and O–H groups in total. The summed E-state index contributed by atoms with van der Waals surface area (Å²) < 4.78 is 67.7. The van der Waals surface area contributed by atoms with Crippen LogP contribution in [0.15, 0.2) is 76.2 Å². The molecule has 12 heteroatoms. The fourth-order valence-corrected chi connectivity index (χ4v) is 5.20. The molecule has 1 atom stereocenters. The molecule has 0 saturated carbocycles. The van der Waals surface area contributed by atoms with Crippen LogP contribution in [-0.4, -0.2) is 34.4 Å². The number of benzene rings is 3. The van der Waals surface area contributed by atoms with Gasteiger partial charge in [0.1, 0.15) is 11.5 Å². The number of alkyl halides is 2. The number of thiol groups is 1. The van der Waals surface area contributed by atoms with E-state index >= 15 is 0 Å². The number of fused-ring (bicyclic) bond motifs is 1. The monoisotopic (exact) mass is 579 g/mol. The number of oxazole rings is 1. The molecule has 1 aliphatic heterocycles. The number of aliphatic hydroxyl groups is 1. The van der Waals surface area contributed by atoms with E-state index in [1.165, 1.54) is 18.2 Å². The first kappa shape index (κ1) is 26.7. The van der Waals surface area contributed by atoms with Crippen LogP contribution in [0.25, 0.3) is 39.4 Å². The fourth-order valence-electron chi connectivity index (χ4n) is 4.75.